The fraction of sp³-hybridized carbons (Fsp3) is 0.737. The van der Waals surface area contributed by atoms with Crippen molar-refractivity contribution in [2.24, 2.45) is 5.92 Å². The van der Waals surface area contributed by atoms with E-state index < -0.39 is 0 Å². The van der Waals surface area contributed by atoms with Gasteiger partial charge in [-0.3, -0.25) is 14.5 Å². The minimum absolute atomic E-state index is 0.00201. The Labute approximate surface area is 164 Å². The fourth-order valence-electron chi connectivity index (χ4n) is 3.78. The van der Waals surface area contributed by atoms with Gasteiger partial charge in [0.25, 0.3) is 5.91 Å². The van der Waals surface area contributed by atoms with Crippen molar-refractivity contribution in [2.45, 2.75) is 38.5 Å². The lowest BCUT2D eigenvalue weighted by atomic mass is 9.97. The molecule has 1 aromatic heterocycles. The quantitative estimate of drug-likeness (QED) is 0.712. The van der Waals surface area contributed by atoms with E-state index in [-0.39, 0.29) is 11.9 Å². The second-order valence-corrected chi connectivity index (χ2v) is 8.53. The summed E-state index contributed by atoms with van der Waals surface area (Å²) in [6.07, 6.45) is 4.16. The topological polar surface area (TPSA) is 83.6 Å². The number of likely N-dealkylation sites (tertiary alicyclic amines) is 1. The maximum atomic E-state index is 12.6. The van der Waals surface area contributed by atoms with Crippen molar-refractivity contribution in [3.63, 3.8) is 0 Å². The van der Waals surface area contributed by atoms with Crippen molar-refractivity contribution in [3.8, 4) is 0 Å². The Morgan fingerprint density at radius 3 is 2.63 bits per heavy atom. The number of rotatable bonds is 6. The lowest BCUT2D eigenvalue weighted by molar-refractivity contribution is -0.142. The van der Waals surface area contributed by atoms with E-state index >= 15 is 0 Å². The molecule has 150 valence electrons. The predicted octanol–water partition coefficient (Wildman–Crippen LogP) is 1.53. The van der Waals surface area contributed by atoms with Gasteiger partial charge < -0.3 is 15.4 Å². The van der Waals surface area contributed by atoms with E-state index in [4.69, 9.17) is 4.74 Å². The van der Waals surface area contributed by atoms with Gasteiger partial charge in [0.1, 0.15) is 4.88 Å². The summed E-state index contributed by atoms with van der Waals surface area (Å²) in [6, 6.07) is 0. The van der Waals surface area contributed by atoms with Crippen LogP contribution in [0.1, 0.15) is 52.0 Å². The molecule has 2 N–H and O–H groups in total. The van der Waals surface area contributed by atoms with Crippen molar-refractivity contribution >= 4 is 23.2 Å². The predicted molar refractivity (Wildman–Crippen MR) is 105 cm³/mol. The average molecular weight is 395 g/mol. The second-order valence-electron chi connectivity index (χ2n) is 7.50. The van der Waals surface area contributed by atoms with Gasteiger partial charge in [0, 0.05) is 12.5 Å². The lowest BCUT2D eigenvalue weighted by Crippen LogP contribution is -2.41. The molecule has 2 aliphatic heterocycles. The molecule has 0 spiro atoms. The molecular formula is C19H30N4O3S. The molecular weight excluding hydrogens is 364 g/mol. The van der Waals surface area contributed by atoms with E-state index in [1.54, 1.807) is 11.3 Å². The summed E-state index contributed by atoms with van der Waals surface area (Å²) in [7, 11) is 1.42. The molecule has 0 saturated carbocycles. The zero-order valence-electron chi connectivity index (χ0n) is 16.3. The number of nitrogens with zero attached hydrogens (tertiary/aromatic N) is 2. The van der Waals surface area contributed by atoms with E-state index in [9.17, 15) is 9.59 Å². The minimum Gasteiger partial charge on any atom is -0.468 e. The summed E-state index contributed by atoms with van der Waals surface area (Å²) in [5.41, 5.74) is 0.846. The zero-order chi connectivity index (χ0) is 19.2. The number of methoxy groups -OCH3 is 1. The second kappa shape index (κ2) is 9.61. The van der Waals surface area contributed by atoms with E-state index in [1.807, 2.05) is 6.92 Å². The van der Waals surface area contributed by atoms with Crippen molar-refractivity contribution in [1.29, 1.82) is 0 Å². The van der Waals surface area contributed by atoms with Crippen molar-refractivity contribution in [3.05, 3.63) is 15.6 Å². The van der Waals surface area contributed by atoms with Gasteiger partial charge in [-0.25, -0.2) is 4.98 Å². The van der Waals surface area contributed by atoms with Gasteiger partial charge in [-0.1, -0.05) is 0 Å². The third-order valence-electron chi connectivity index (χ3n) is 5.55. The summed E-state index contributed by atoms with van der Waals surface area (Å²) in [5, 5.41) is 7.58. The molecule has 0 atom stereocenters. The molecule has 0 radical (unpaired) electrons. The number of esters is 1. The summed E-state index contributed by atoms with van der Waals surface area (Å²) in [5.74, 6) is 0.754. The van der Waals surface area contributed by atoms with Crippen molar-refractivity contribution in [1.82, 2.24) is 20.5 Å². The number of aryl methyl sites for hydroxylation is 1. The Hall–Kier alpha value is -1.51. The van der Waals surface area contributed by atoms with Gasteiger partial charge in [0.15, 0.2) is 0 Å². The molecule has 1 aromatic rings. The van der Waals surface area contributed by atoms with Gasteiger partial charge in [-0.15, -0.1) is 11.3 Å². The zero-order valence-corrected chi connectivity index (χ0v) is 17.1. The minimum atomic E-state index is -0.188. The van der Waals surface area contributed by atoms with Crippen LogP contribution in [0, 0.1) is 12.8 Å². The van der Waals surface area contributed by atoms with Crippen LogP contribution in [-0.2, 0) is 9.53 Å². The number of carbonyl (C=O) groups excluding carboxylic acids is 2. The molecule has 0 bridgehead atoms. The van der Waals surface area contributed by atoms with Gasteiger partial charge in [-0.05, 0) is 64.7 Å². The van der Waals surface area contributed by atoms with E-state index in [1.165, 1.54) is 7.11 Å². The molecule has 1 amide bonds. The summed E-state index contributed by atoms with van der Waals surface area (Å²) in [6.45, 7) is 6.77. The van der Waals surface area contributed by atoms with Crippen LogP contribution in [0.2, 0.25) is 0 Å². The average Bonchev–Trinajstić information content (AvgIpc) is 3.09. The molecule has 0 aromatic carbocycles. The Kier molecular flexibility index (Phi) is 7.20. The van der Waals surface area contributed by atoms with Gasteiger partial charge in [-0.2, -0.15) is 0 Å². The fourth-order valence-corrected chi connectivity index (χ4v) is 4.94. The molecule has 3 heterocycles. The molecule has 8 heteroatoms. The highest BCUT2D eigenvalue weighted by Crippen LogP contribution is 2.30. The van der Waals surface area contributed by atoms with Gasteiger partial charge >= 0.3 is 5.97 Å². The van der Waals surface area contributed by atoms with Crippen LogP contribution in [0.15, 0.2) is 0 Å². The number of amides is 1. The molecule has 3 rings (SSSR count). The van der Waals surface area contributed by atoms with Crippen molar-refractivity contribution < 1.29 is 14.3 Å². The SMILES string of the molecule is COC(=O)CN1CCC(CNC(=O)c2sc(C3CCNCC3)nc2C)CC1. The highest BCUT2D eigenvalue weighted by Gasteiger charge is 2.24. The normalized spacial score (nSPS) is 19.8. The van der Waals surface area contributed by atoms with Crippen LogP contribution in [0.5, 0.6) is 0 Å². The molecule has 0 aliphatic carbocycles. The van der Waals surface area contributed by atoms with Gasteiger partial charge in [0.05, 0.1) is 24.4 Å². The number of hydrogen-bond donors (Lipinski definition) is 2. The number of thiazole rings is 1. The highest BCUT2D eigenvalue weighted by atomic mass is 32.1. The first-order valence-corrected chi connectivity index (χ1v) is 10.6. The van der Waals surface area contributed by atoms with Gasteiger partial charge in [0.2, 0.25) is 0 Å². The Morgan fingerprint density at radius 2 is 1.96 bits per heavy atom. The maximum absolute atomic E-state index is 12.6. The number of piperidine rings is 2. The maximum Gasteiger partial charge on any atom is 0.319 e. The smallest absolute Gasteiger partial charge is 0.319 e. The van der Waals surface area contributed by atoms with Crippen LogP contribution in [0.4, 0.5) is 0 Å². The Bertz CT molecular complexity index is 649. The first-order valence-electron chi connectivity index (χ1n) is 9.82. The van der Waals surface area contributed by atoms with Crippen LogP contribution in [-0.4, -0.2) is 68.1 Å². The molecule has 7 nitrogen and oxygen atoms in total. The van der Waals surface area contributed by atoms with Crippen LogP contribution in [0.3, 0.4) is 0 Å². The summed E-state index contributed by atoms with van der Waals surface area (Å²) >= 11 is 1.56. The number of ether oxygens (including phenoxy) is 1. The molecule has 2 aliphatic rings. The van der Waals surface area contributed by atoms with E-state index in [0.29, 0.717) is 24.9 Å². The lowest BCUT2D eigenvalue weighted by Gasteiger charge is -2.31. The molecule has 0 unspecified atom stereocenters. The first-order chi connectivity index (χ1) is 13.1. The number of aromatic nitrogens is 1. The van der Waals surface area contributed by atoms with Crippen LogP contribution in [0.25, 0.3) is 0 Å². The Balaban J connectivity index is 1.46. The van der Waals surface area contributed by atoms with E-state index in [2.05, 4.69) is 20.5 Å². The van der Waals surface area contributed by atoms with E-state index in [0.717, 1.165) is 67.4 Å². The standard InChI is InChI=1S/C19H30N4O3S/c1-13-17(27-19(22-13)15-3-7-20-8-4-15)18(25)21-11-14-5-9-23(10-6-14)12-16(24)26-2/h14-15,20H,3-12H2,1-2H3,(H,21,25). The number of nitrogens with one attached hydrogen (secondary N) is 2. The third kappa shape index (κ3) is 5.49. The molecule has 2 saturated heterocycles. The molecule has 27 heavy (non-hydrogen) atoms. The summed E-state index contributed by atoms with van der Waals surface area (Å²) in [4.78, 5) is 31.5. The largest absolute Gasteiger partial charge is 0.468 e. The Morgan fingerprint density at radius 1 is 1.26 bits per heavy atom. The van der Waals surface area contributed by atoms with Crippen LogP contribution < -0.4 is 10.6 Å². The van der Waals surface area contributed by atoms with Crippen LogP contribution >= 0.6 is 11.3 Å². The number of hydrogen-bond acceptors (Lipinski definition) is 7. The molecule has 2 fully saturated rings. The van der Waals surface area contributed by atoms with Crippen molar-refractivity contribution in [2.75, 3.05) is 46.4 Å². The highest BCUT2D eigenvalue weighted by molar-refractivity contribution is 7.13. The third-order valence-corrected chi connectivity index (χ3v) is 6.87. The monoisotopic (exact) mass is 394 g/mol. The summed E-state index contributed by atoms with van der Waals surface area (Å²) < 4.78 is 4.72. The first kappa shape index (κ1) is 20.2. The number of carbonyl (C=O) groups is 2.